The van der Waals surface area contributed by atoms with Gasteiger partial charge in [0.25, 0.3) is 0 Å². The largest absolute Gasteiger partial charge is 0.482 e. The number of carbonyl (C=O) groups excluding carboxylic acids is 2. The molecule has 4 aliphatic rings. The molecule has 2 aromatic heterocycles. The number of fused-ring (bicyclic) bond motifs is 1. The number of nitrogens with zero attached hydrogens (tertiary/aromatic N) is 3. The molecule has 0 radical (unpaired) electrons. The number of rotatable bonds is 13. The third-order valence-electron chi connectivity index (χ3n) is 11.3. The van der Waals surface area contributed by atoms with Crippen molar-refractivity contribution in [1.82, 2.24) is 36.1 Å². The van der Waals surface area contributed by atoms with Gasteiger partial charge in [0, 0.05) is 87.2 Å². The average molecular weight is 810 g/mol. The standard InChI is InChI=1S/C41H47ClF3N7O5/c1-24(53)52-17-13-27(14-18-52)48-21-26-19-33(41(43,44)45)39(50-37(26)55-2)57-35-9-8-29-30(35)5-4-6-31(29)40(32-12-16-46-23-34(32)42)15-11-25(38(51-40)56-3)20-47-22-28-7-10-36(54)49-28/h4-6,11-12,15-16,19,23,27-28,35,47-48,51H,7-10,13-14,17-18,20-22H2,1-3H3,(H,49,54)/t28-,35-,40?/m1/s1. The zero-order valence-electron chi connectivity index (χ0n) is 32.1. The molecule has 0 saturated carbocycles. The lowest BCUT2D eigenvalue weighted by Crippen LogP contribution is -2.46. The molecular weight excluding hydrogens is 763 g/mol. The van der Waals surface area contributed by atoms with E-state index in [1.807, 2.05) is 36.4 Å². The molecule has 1 aliphatic carbocycles. The molecule has 5 heterocycles. The maximum atomic E-state index is 14.7. The first-order valence-electron chi connectivity index (χ1n) is 19.2. The number of benzene rings is 1. The molecule has 3 aromatic rings. The lowest BCUT2D eigenvalue weighted by atomic mass is 9.78. The van der Waals surface area contributed by atoms with E-state index in [1.54, 1.807) is 24.4 Å². The van der Waals surface area contributed by atoms with Crippen LogP contribution >= 0.6 is 11.6 Å². The number of alkyl halides is 3. The van der Waals surface area contributed by atoms with E-state index in [-0.39, 0.29) is 41.9 Å². The molecule has 1 unspecified atom stereocenters. The van der Waals surface area contributed by atoms with E-state index in [9.17, 15) is 22.8 Å². The summed E-state index contributed by atoms with van der Waals surface area (Å²) in [6.07, 6.45) is 5.32. The Hall–Kier alpha value is -4.86. The van der Waals surface area contributed by atoms with Crippen LogP contribution in [0, 0.1) is 0 Å². The Morgan fingerprint density at radius 2 is 1.86 bits per heavy atom. The lowest BCUT2D eigenvalue weighted by molar-refractivity contribution is -0.139. The number of pyridine rings is 2. The molecule has 0 bridgehead atoms. The number of piperidine rings is 1. The highest BCUT2D eigenvalue weighted by Crippen LogP contribution is 2.47. The molecule has 0 spiro atoms. The van der Waals surface area contributed by atoms with Crippen molar-refractivity contribution in [2.45, 2.75) is 81.9 Å². The first kappa shape index (κ1) is 40.3. The first-order valence-corrected chi connectivity index (χ1v) is 19.6. The Bertz CT molecular complexity index is 2050. The summed E-state index contributed by atoms with van der Waals surface area (Å²) >= 11 is 6.85. The van der Waals surface area contributed by atoms with Crippen molar-refractivity contribution in [3.8, 4) is 11.8 Å². The SMILES string of the molecule is COC1=C(CNC[C@H]2CCC(=O)N2)C=CC(c2ccncc2Cl)(c2cccc3c2CC[C@H]3Oc2nc(OC)c(CNC3CCN(C(C)=O)CC3)cc2C(F)(F)F)N1. The smallest absolute Gasteiger partial charge is 0.421 e. The summed E-state index contributed by atoms with van der Waals surface area (Å²) in [6.45, 7) is 3.88. The molecule has 2 amide bonds. The van der Waals surface area contributed by atoms with Crippen LogP contribution in [0.2, 0.25) is 5.02 Å². The highest BCUT2D eigenvalue weighted by molar-refractivity contribution is 6.31. The number of likely N-dealkylation sites (tertiary alicyclic amines) is 1. The predicted molar refractivity (Wildman–Crippen MR) is 206 cm³/mol. The van der Waals surface area contributed by atoms with Gasteiger partial charge in [-0.05, 0) is 67.0 Å². The summed E-state index contributed by atoms with van der Waals surface area (Å²) in [5, 5.41) is 13.7. The second-order valence-corrected chi connectivity index (χ2v) is 15.2. The van der Waals surface area contributed by atoms with Gasteiger partial charge < -0.3 is 40.4 Å². The molecule has 57 heavy (non-hydrogen) atoms. The number of dihydropyridines is 1. The molecule has 7 rings (SSSR count). The molecule has 3 aliphatic heterocycles. The van der Waals surface area contributed by atoms with Gasteiger partial charge in [-0.15, -0.1) is 0 Å². The molecule has 12 nitrogen and oxygen atoms in total. The fraction of sp³-hybridized carbons (Fsp3) is 0.463. The third-order valence-corrected chi connectivity index (χ3v) is 11.6. The van der Waals surface area contributed by atoms with Crippen molar-refractivity contribution in [1.29, 1.82) is 0 Å². The van der Waals surface area contributed by atoms with E-state index >= 15 is 0 Å². The highest BCUT2D eigenvalue weighted by Gasteiger charge is 2.43. The van der Waals surface area contributed by atoms with E-state index in [0.717, 1.165) is 34.8 Å². The molecule has 2 saturated heterocycles. The minimum atomic E-state index is -4.75. The third kappa shape index (κ3) is 8.56. The summed E-state index contributed by atoms with van der Waals surface area (Å²) in [7, 11) is 2.95. The summed E-state index contributed by atoms with van der Waals surface area (Å²) < 4.78 is 61.8. The summed E-state index contributed by atoms with van der Waals surface area (Å²) in [5.74, 6) is 0.0631. The van der Waals surface area contributed by atoms with Crippen molar-refractivity contribution in [3.05, 3.63) is 105 Å². The van der Waals surface area contributed by atoms with Gasteiger partial charge in [0.15, 0.2) is 5.88 Å². The molecule has 16 heteroatoms. The van der Waals surface area contributed by atoms with E-state index in [4.69, 9.17) is 25.8 Å². The van der Waals surface area contributed by atoms with Gasteiger partial charge in [-0.25, -0.2) is 0 Å². The average Bonchev–Trinajstić information content (AvgIpc) is 3.82. The van der Waals surface area contributed by atoms with Gasteiger partial charge in [0.1, 0.15) is 17.2 Å². The second-order valence-electron chi connectivity index (χ2n) is 14.8. The second kappa shape index (κ2) is 16.9. The minimum absolute atomic E-state index is 0.00925. The Morgan fingerprint density at radius 3 is 2.54 bits per heavy atom. The monoisotopic (exact) mass is 809 g/mol. The van der Waals surface area contributed by atoms with E-state index in [0.29, 0.717) is 74.8 Å². The fourth-order valence-corrected chi connectivity index (χ4v) is 8.57. The minimum Gasteiger partial charge on any atom is -0.482 e. The van der Waals surface area contributed by atoms with Gasteiger partial charge in [0.05, 0.1) is 19.2 Å². The van der Waals surface area contributed by atoms with Crippen LogP contribution in [0.4, 0.5) is 13.2 Å². The maximum absolute atomic E-state index is 14.7. The number of hydrogen-bond acceptors (Lipinski definition) is 10. The van der Waals surface area contributed by atoms with E-state index in [1.165, 1.54) is 14.0 Å². The Labute approximate surface area is 334 Å². The normalized spacial score (nSPS) is 22.3. The molecule has 4 N–H and O–H groups in total. The maximum Gasteiger partial charge on any atom is 0.421 e. The van der Waals surface area contributed by atoms with Crippen molar-refractivity contribution in [2.24, 2.45) is 0 Å². The molecule has 304 valence electrons. The fourth-order valence-electron chi connectivity index (χ4n) is 8.30. The van der Waals surface area contributed by atoms with Crippen LogP contribution < -0.4 is 30.7 Å². The summed E-state index contributed by atoms with van der Waals surface area (Å²) in [5.41, 5.74) is 2.27. The van der Waals surface area contributed by atoms with Crippen LogP contribution in [0.3, 0.4) is 0 Å². The van der Waals surface area contributed by atoms with E-state index in [2.05, 4.69) is 31.2 Å². The first-order chi connectivity index (χ1) is 27.4. The number of aromatic nitrogens is 2. The van der Waals surface area contributed by atoms with Gasteiger partial charge >= 0.3 is 6.18 Å². The Kier molecular flexibility index (Phi) is 12.0. The molecule has 2 fully saturated rings. The number of halogens is 4. The van der Waals surface area contributed by atoms with Gasteiger partial charge in [-0.2, -0.15) is 18.2 Å². The van der Waals surface area contributed by atoms with E-state index < -0.39 is 29.3 Å². The van der Waals surface area contributed by atoms with Crippen LogP contribution in [-0.2, 0) is 39.0 Å². The van der Waals surface area contributed by atoms with Crippen LogP contribution in [0.1, 0.15) is 78.5 Å². The Balaban J connectivity index is 1.16. The number of nitrogens with one attached hydrogen (secondary N) is 4. The van der Waals surface area contributed by atoms with Crippen LogP contribution in [0.25, 0.3) is 0 Å². The zero-order valence-corrected chi connectivity index (χ0v) is 32.9. The summed E-state index contributed by atoms with van der Waals surface area (Å²) in [4.78, 5) is 33.7. The van der Waals surface area contributed by atoms with Crippen LogP contribution in [0.15, 0.2) is 66.3 Å². The summed E-state index contributed by atoms with van der Waals surface area (Å²) in [6, 6.07) is 8.69. The van der Waals surface area contributed by atoms with Crippen molar-refractivity contribution in [2.75, 3.05) is 40.4 Å². The van der Waals surface area contributed by atoms with Crippen molar-refractivity contribution < 1.29 is 37.0 Å². The number of hydrogen-bond donors (Lipinski definition) is 4. The number of amides is 2. The zero-order chi connectivity index (χ0) is 40.3. The topological polar surface area (TPSA) is 139 Å². The predicted octanol–water partition coefficient (Wildman–Crippen LogP) is 5.45. The number of carbonyl (C=O) groups is 2. The molecular formula is C41H47ClF3N7O5. The quantitative estimate of drug-likeness (QED) is 0.176. The number of methoxy groups -OCH3 is 2. The van der Waals surface area contributed by atoms with Crippen LogP contribution in [0.5, 0.6) is 11.8 Å². The van der Waals surface area contributed by atoms with Crippen molar-refractivity contribution in [3.63, 3.8) is 0 Å². The van der Waals surface area contributed by atoms with Crippen molar-refractivity contribution >= 4 is 23.4 Å². The molecule has 1 aromatic carbocycles. The lowest BCUT2D eigenvalue weighted by Gasteiger charge is -2.39. The van der Waals surface area contributed by atoms with Gasteiger partial charge in [0.2, 0.25) is 23.6 Å². The molecule has 3 atom stereocenters. The Morgan fingerprint density at radius 1 is 1.05 bits per heavy atom. The number of ether oxygens (including phenoxy) is 3. The highest BCUT2D eigenvalue weighted by atomic mass is 35.5. The van der Waals surface area contributed by atoms with Crippen LogP contribution in [-0.4, -0.2) is 79.2 Å². The van der Waals surface area contributed by atoms with Gasteiger partial charge in [-0.1, -0.05) is 35.9 Å². The van der Waals surface area contributed by atoms with Gasteiger partial charge in [-0.3, -0.25) is 14.6 Å².